The molecule has 0 fully saturated rings. The third-order valence-electron chi connectivity index (χ3n) is 2.66. The molecule has 0 saturated heterocycles. The molecule has 0 radical (unpaired) electrons. The molecule has 0 aliphatic carbocycles. The number of alkyl halides is 3. The molecule has 1 rings (SSSR count). The van der Waals surface area contributed by atoms with Crippen molar-refractivity contribution in [3.05, 3.63) is 6.33 Å². The molecule has 1 amide bonds. The largest absolute Gasteiger partial charge is 0.408 e. The highest BCUT2D eigenvalue weighted by molar-refractivity contribution is 5.90. The smallest absolute Gasteiger partial charge is 0.370 e. The second kappa shape index (κ2) is 9.44. The molecule has 0 aromatic carbocycles. The number of amidine groups is 1. The molecule has 0 aliphatic rings. The maximum Gasteiger partial charge on any atom is 0.408 e. The van der Waals surface area contributed by atoms with E-state index in [2.05, 4.69) is 31.2 Å². The molecule has 6 N–H and O–H groups in total. The quantitative estimate of drug-likeness (QED) is 0.205. The van der Waals surface area contributed by atoms with Gasteiger partial charge in [-0.25, -0.2) is 9.98 Å². The predicted molar refractivity (Wildman–Crippen MR) is 84.7 cm³/mol. The zero-order valence-corrected chi connectivity index (χ0v) is 13.5. The topological polar surface area (TPSA) is 146 Å². The summed E-state index contributed by atoms with van der Waals surface area (Å²) in [4.78, 5) is 17.7. The van der Waals surface area contributed by atoms with Crippen LogP contribution in [-0.4, -0.2) is 45.2 Å². The number of aromatic nitrogens is 3. The lowest BCUT2D eigenvalue weighted by atomic mass is 10.2. The van der Waals surface area contributed by atoms with E-state index in [4.69, 9.17) is 11.1 Å². The van der Waals surface area contributed by atoms with E-state index in [1.807, 2.05) is 0 Å². The molecule has 25 heavy (non-hydrogen) atoms. The van der Waals surface area contributed by atoms with Crippen molar-refractivity contribution < 1.29 is 18.0 Å². The van der Waals surface area contributed by atoms with Gasteiger partial charge in [0.1, 0.15) is 18.7 Å². The molecule has 0 atom stereocenters. The summed E-state index contributed by atoms with van der Waals surface area (Å²) in [7, 11) is 0. The molecule has 0 bridgehead atoms. The minimum absolute atomic E-state index is 0.0449. The summed E-state index contributed by atoms with van der Waals surface area (Å²) in [5, 5.41) is 13.9. The summed E-state index contributed by atoms with van der Waals surface area (Å²) >= 11 is 0. The Morgan fingerprint density at radius 3 is 2.76 bits per heavy atom. The number of hydrogen-bond donors (Lipinski definition) is 5. The number of hydrogen-bond acceptors (Lipinski definition) is 5. The van der Waals surface area contributed by atoms with Gasteiger partial charge < -0.3 is 5.73 Å². The number of nitrogens with one attached hydrogen (secondary N) is 4. The average molecular weight is 363 g/mol. The number of halogens is 3. The number of carbonyl (C=O) groups is 1. The molecule has 0 unspecified atom stereocenters. The lowest BCUT2D eigenvalue weighted by Crippen LogP contribution is -2.39. The summed E-state index contributed by atoms with van der Waals surface area (Å²) < 4.78 is 37.5. The molecular weight excluding hydrogens is 343 g/mol. The minimum Gasteiger partial charge on any atom is -0.370 e. The van der Waals surface area contributed by atoms with Crippen molar-refractivity contribution in [1.82, 2.24) is 25.6 Å². The number of hydrazine groups is 1. The van der Waals surface area contributed by atoms with Gasteiger partial charge in [0, 0.05) is 19.9 Å². The number of aliphatic imine (C=N–C) groups is 1. The number of rotatable bonds is 7. The van der Waals surface area contributed by atoms with Crippen molar-refractivity contribution >= 4 is 23.7 Å². The molecule has 1 heterocycles. The first-order valence-corrected chi connectivity index (χ1v) is 7.29. The molecule has 0 aliphatic heterocycles. The van der Waals surface area contributed by atoms with Gasteiger partial charge >= 0.3 is 6.18 Å². The monoisotopic (exact) mass is 363 g/mol. The highest BCUT2D eigenvalue weighted by Gasteiger charge is 2.26. The SMILES string of the molecule is CC(=O)NNC(=N)CCCCn1cnc(N/C(N)=N\CC(F)(F)F)n1. The second-order valence-electron chi connectivity index (χ2n) is 5.01. The van der Waals surface area contributed by atoms with Crippen LogP contribution in [0.5, 0.6) is 0 Å². The normalized spacial score (nSPS) is 11.9. The molecule has 1 aromatic rings. The fourth-order valence-corrected chi connectivity index (χ4v) is 1.59. The van der Waals surface area contributed by atoms with Gasteiger partial charge in [0.25, 0.3) is 0 Å². The van der Waals surface area contributed by atoms with Gasteiger partial charge in [-0.05, 0) is 12.8 Å². The minimum atomic E-state index is -4.43. The highest BCUT2D eigenvalue weighted by Crippen LogP contribution is 2.14. The van der Waals surface area contributed by atoms with E-state index >= 15 is 0 Å². The molecule has 140 valence electrons. The molecule has 0 spiro atoms. The standard InChI is InChI=1S/C12H20F3N9O/c1-8(25)21-22-9(16)4-2-3-5-24-7-19-11(23-24)20-10(17)18-6-12(13,14)15/h7H,2-6H2,1H3,(H2,16,22)(H,21,25)(H3,17,18,20,23). The van der Waals surface area contributed by atoms with Crippen LogP contribution >= 0.6 is 0 Å². The second-order valence-corrected chi connectivity index (χ2v) is 5.01. The Balaban J connectivity index is 2.29. The van der Waals surface area contributed by atoms with Crippen LogP contribution in [-0.2, 0) is 11.3 Å². The van der Waals surface area contributed by atoms with E-state index in [1.165, 1.54) is 17.9 Å². The molecule has 10 nitrogen and oxygen atoms in total. The zero-order valence-electron chi connectivity index (χ0n) is 13.5. The van der Waals surface area contributed by atoms with Gasteiger partial charge in [0.05, 0.1) is 0 Å². The van der Waals surface area contributed by atoms with Crippen LogP contribution < -0.4 is 21.9 Å². The number of guanidine groups is 1. The maximum absolute atomic E-state index is 12.0. The third kappa shape index (κ3) is 9.78. The van der Waals surface area contributed by atoms with E-state index in [-0.39, 0.29) is 17.7 Å². The lowest BCUT2D eigenvalue weighted by molar-refractivity contribution is -0.119. The van der Waals surface area contributed by atoms with Crippen molar-refractivity contribution in [2.75, 3.05) is 11.9 Å². The maximum atomic E-state index is 12.0. The van der Waals surface area contributed by atoms with Crippen LogP contribution in [0.3, 0.4) is 0 Å². The Hall–Kier alpha value is -2.86. The van der Waals surface area contributed by atoms with E-state index in [1.54, 1.807) is 0 Å². The number of nitrogens with zero attached hydrogens (tertiary/aromatic N) is 4. The first kappa shape index (κ1) is 20.2. The van der Waals surface area contributed by atoms with Crippen LogP contribution in [0.2, 0.25) is 0 Å². The van der Waals surface area contributed by atoms with Gasteiger partial charge in [-0.2, -0.15) is 13.2 Å². The van der Waals surface area contributed by atoms with Gasteiger partial charge in [-0.1, -0.05) is 0 Å². The van der Waals surface area contributed by atoms with E-state index in [0.29, 0.717) is 25.8 Å². The number of aryl methyl sites for hydroxylation is 1. The number of nitrogens with two attached hydrogens (primary N) is 1. The highest BCUT2D eigenvalue weighted by atomic mass is 19.4. The fraction of sp³-hybridized carbons (Fsp3) is 0.583. The van der Waals surface area contributed by atoms with Gasteiger partial charge in [0.15, 0.2) is 5.96 Å². The summed E-state index contributed by atoms with van der Waals surface area (Å²) in [5.41, 5.74) is 10.1. The van der Waals surface area contributed by atoms with Crippen molar-refractivity contribution in [2.45, 2.75) is 38.9 Å². The van der Waals surface area contributed by atoms with E-state index in [0.717, 1.165) is 0 Å². The molecule has 0 saturated carbocycles. The number of unbranched alkanes of at least 4 members (excludes halogenated alkanes) is 1. The van der Waals surface area contributed by atoms with E-state index < -0.39 is 18.7 Å². The Morgan fingerprint density at radius 2 is 2.12 bits per heavy atom. The van der Waals surface area contributed by atoms with Crippen LogP contribution in [0.4, 0.5) is 19.1 Å². The van der Waals surface area contributed by atoms with Crippen molar-refractivity contribution in [1.29, 1.82) is 5.41 Å². The molecule has 13 heteroatoms. The van der Waals surface area contributed by atoms with Crippen LogP contribution in [0.15, 0.2) is 11.3 Å². The number of anilines is 1. The third-order valence-corrected chi connectivity index (χ3v) is 2.66. The van der Waals surface area contributed by atoms with Gasteiger partial charge in [-0.3, -0.25) is 31.1 Å². The average Bonchev–Trinajstić information content (AvgIpc) is 2.94. The van der Waals surface area contributed by atoms with Crippen molar-refractivity contribution in [2.24, 2.45) is 10.7 Å². The Bertz CT molecular complexity index is 611. The van der Waals surface area contributed by atoms with Crippen LogP contribution in [0.1, 0.15) is 26.2 Å². The van der Waals surface area contributed by atoms with Gasteiger partial charge in [-0.15, -0.1) is 5.10 Å². The summed E-state index contributed by atoms with van der Waals surface area (Å²) in [5.74, 6) is -0.480. The number of amides is 1. The van der Waals surface area contributed by atoms with Gasteiger partial charge in [0.2, 0.25) is 11.9 Å². The first-order valence-electron chi connectivity index (χ1n) is 7.29. The van der Waals surface area contributed by atoms with Crippen molar-refractivity contribution in [3.63, 3.8) is 0 Å². The zero-order chi connectivity index (χ0) is 18.9. The Morgan fingerprint density at radius 1 is 1.40 bits per heavy atom. The van der Waals surface area contributed by atoms with Crippen LogP contribution in [0, 0.1) is 5.41 Å². The Kier molecular flexibility index (Phi) is 7.62. The Labute approximate surface area is 141 Å². The summed E-state index contributed by atoms with van der Waals surface area (Å²) in [6, 6.07) is 0. The number of carbonyl (C=O) groups excluding carboxylic acids is 1. The molecular formula is C12H20F3N9O. The van der Waals surface area contributed by atoms with E-state index in [9.17, 15) is 18.0 Å². The predicted octanol–water partition coefficient (Wildman–Crippen LogP) is 0.355. The lowest BCUT2D eigenvalue weighted by Gasteiger charge is -2.07. The summed E-state index contributed by atoms with van der Waals surface area (Å²) in [6.45, 7) is 0.448. The molecule has 1 aromatic heterocycles. The van der Waals surface area contributed by atoms with Crippen molar-refractivity contribution in [3.8, 4) is 0 Å². The first-order chi connectivity index (χ1) is 11.7. The van der Waals surface area contributed by atoms with Crippen LogP contribution in [0.25, 0.3) is 0 Å². The summed E-state index contributed by atoms with van der Waals surface area (Å²) in [6.07, 6.45) is -1.23. The fourth-order valence-electron chi connectivity index (χ4n) is 1.59.